The molecule has 0 aliphatic carbocycles. The van der Waals surface area contributed by atoms with Gasteiger partial charge in [-0.3, -0.25) is 0 Å². The molecule has 2 aliphatic rings. The minimum Gasteiger partial charge on any atom is -0.444 e. The number of fused-ring (bicyclic) bond motifs is 2. The van der Waals surface area contributed by atoms with E-state index in [1.165, 1.54) is 0 Å². The van der Waals surface area contributed by atoms with Crippen LogP contribution in [0.3, 0.4) is 0 Å². The number of carbonyl (C=O) groups is 1. The quantitative estimate of drug-likeness (QED) is 0.846. The smallest absolute Gasteiger partial charge is 0.410 e. The van der Waals surface area contributed by atoms with Gasteiger partial charge in [0.25, 0.3) is 0 Å². The molecular weight excluding hydrogens is 288 g/mol. The normalized spacial score (nSPS) is 29.5. The van der Waals surface area contributed by atoms with Gasteiger partial charge < -0.3 is 15.0 Å². The van der Waals surface area contributed by atoms with Crippen molar-refractivity contribution in [3.8, 4) is 0 Å². The SMILES string of the molecule is CC(CNC1CC2CCC(C1)N2C(=O)OC(C)(C)C)C(C)(C)C. The molecule has 1 N–H and O–H groups in total. The topological polar surface area (TPSA) is 41.6 Å². The van der Waals surface area contributed by atoms with E-state index in [0.717, 1.165) is 32.2 Å². The van der Waals surface area contributed by atoms with Gasteiger partial charge in [0.15, 0.2) is 0 Å². The maximum Gasteiger partial charge on any atom is 0.410 e. The van der Waals surface area contributed by atoms with E-state index in [1.54, 1.807) is 0 Å². The third-order valence-electron chi connectivity index (χ3n) is 5.53. The molecule has 2 bridgehead atoms. The van der Waals surface area contributed by atoms with Crippen molar-refractivity contribution < 1.29 is 9.53 Å². The highest BCUT2D eigenvalue weighted by molar-refractivity contribution is 5.69. The Hall–Kier alpha value is -0.770. The molecule has 2 heterocycles. The number of hydrogen-bond acceptors (Lipinski definition) is 3. The van der Waals surface area contributed by atoms with Crippen LogP contribution < -0.4 is 5.32 Å². The Morgan fingerprint density at radius 1 is 1.13 bits per heavy atom. The second-order valence-corrected chi connectivity index (χ2v) is 9.62. The number of nitrogens with zero attached hydrogens (tertiary/aromatic N) is 1. The molecule has 2 rings (SSSR count). The van der Waals surface area contributed by atoms with E-state index >= 15 is 0 Å². The van der Waals surface area contributed by atoms with Crippen molar-refractivity contribution in [2.75, 3.05) is 6.54 Å². The fourth-order valence-corrected chi connectivity index (χ4v) is 3.61. The maximum atomic E-state index is 12.5. The molecule has 3 atom stereocenters. The summed E-state index contributed by atoms with van der Waals surface area (Å²) in [6, 6.07) is 1.24. The second kappa shape index (κ2) is 6.62. The standard InChI is InChI=1S/C19H36N2O2/c1-13(18(2,3)4)12-20-14-10-15-8-9-16(11-14)21(15)17(22)23-19(5,6)7/h13-16,20H,8-12H2,1-7H3. The molecule has 0 aromatic carbocycles. The summed E-state index contributed by atoms with van der Waals surface area (Å²) in [5, 5.41) is 3.76. The van der Waals surface area contributed by atoms with Gasteiger partial charge in [-0.1, -0.05) is 27.7 Å². The Morgan fingerprint density at radius 3 is 2.09 bits per heavy atom. The van der Waals surface area contributed by atoms with Crippen molar-refractivity contribution in [3.63, 3.8) is 0 Å². The number of ether oxygens (including phenoxy) is 1. The zero-order valence-corrected chi connectivity index (χ0v) is 16.1. The molecule has 23 heavy (non-hydrogen) atoms. The van der Waals surface area contributed by atoms with Crippen molar-refractivity contribution in [1.29, 1.82) is 0 Å². The monoisotopic (exact) mass is 324 g/mol. The van der Waals surface area contributed by atoms with Crippen molar-refractivity contribution in [2.45, 2.75) is 97.9 Å². The molecule has 0 aromatic rings. The lowest BCUT2D eigenvalue weighted by Crippen LogP contribution is -2.53. The average Bonchev–Trinajstić information content (AvgIpc) is 2.64. The van der Waals surface area contributed by atoms with Gasteiger partial charge in [-0.05, 0) is 64.3 Å². The first kappa shape index (κ1) is 18.6. The summed E-state index contributed by atoms with van der Waals surface area (Å²) in [6.45, 7) is 16.1. The molecule has 2 saturated heterocycles. The van der Waals surface area contributed by atoms with E-state index < -0.39 is 5.60 Å². The van der Waals surface area contributed by atoms with Crippen LogP contribution in [-0.4, -0.2) is 41.3 Å². The predicted molar refractivity (Wildman–Crippen MR) is 94.5 cm³/mol. The first-order chi connectivity index (χ1) is 10.5. The molecule has 3 unspecified atom stereocenters. The van der Waals surface area contributed by atoms with E-state index in [9.17, 15) is 4.79 Å². The zero-order valence-electron chi connectivity index (χ0n) is 16.1. The Bertz CT molecular complexity index is 408. The molecule has 134 valence electrons. The second-order valence-electron chi connectivity index (χ2n) is 9.62. The van der Waals surface area contributed by atoms with Crippen molar-refractivity contribution in [3.05, 3.63) is 0 Å². The number of nitrogens with one attached hydrogen (secondary N) is 1. The molecule has 1 amide bonds. The molecule has 0 saturated carbocycles. The number of piperidine rings is 1. The number of rotatable bonds is 3. The Kier molecular flexibility index (Phi) is 5.34. The van der Waals surface area contributed by atoms with Crippen molar-refractivity contribution in [1.82, 2.24) is 10.2 Å². The lowest BCUT2D eigenvalue weighted by atomic mass is 9.82. The third kappa shape index (κ3) is 4.85. The third-order valence-corrected chi connectivity index (χ3v) is 5.53. The Morgan fingerprint density at radius 2 is 1.65 bits per heavy atom. The van der Waals surface area contributed by atoms with E-state index in [1.807, 2.05) is 25.7 Å². The first-order valence-corrected chi connectivity index (χ1v) is 9.22. The highest BCUT2D eigenvalue weighted by atomic mass is 16.6. The summed E-state index contributed by atoms with van der Waals surface area (Å²) in [5.74, 6) is 0.643. The molecule has 4 heteroatoms. The molecule has 0 radical (unpaired) electrons. The number of hydrogen-bond donors (Lipinski definition) is 1. The summed E-state index contributed by atoms with van der Waals surface area (Å²) in [7, 11) is 0. The maximum absolute atomic E-state index is 12.5. The van der Waals surface area contributed by atoms with Crippen LogP contribution in [0.1, 0.15) is 74.1 Å². The summed E-state index contributed by atoms with van der Waals surface area (Å²) in [6.07, 6.45) is 4.25. The van der Waals surface area contributed by atoms with Gasteiger partial charge in [-0.15, -0.1) is 0 Å². The highest BCUT2D eigenvalue weighted by Gasteiger charge is 2.44. The molecule has 2 aliphatic heterocycles. The van der Waals surface area contributed by atoms with E-state index in [0.29, 0.717) is 29.5 Å². The van der Waals surface area contributed by atoms with Gasteiger partial charge in [0.2, 0.25) is 0 Å². The lowest BCUT2D eigenvalue weighted by Gasteiger charge is -2.40. The van der Waals surface area contributed by atoms with Crippen LogP contribution in [0.5, 0.6) is 0 Å². The summed E-state index contributed by atoms with van der Waals surface area (Å²) in [5.41, 5.74) is -0.0725. The van der Waals surface area contributed by atoms with Crippen LogP contribution >= 0.6 is 0 Å². The Labute approximate surface area is 142 Å². The molecule has 2 fully saturated rings. The van der Waals surface area contributed by atoms with Crippen LogP contribution in [0, 0.1) is 11.3 Å². The number of amides is 1. The number of carbonyl (C=O) groups excluding carboxylic acids is 1. The summed E-state index contributed by atoms with van der Waals surface area (Å²) >= 11 is 0. The van der Waals surface area contributed by atoms with Crippen molar-refractivity contribution in [2.24, 2.45) is 11.3 Å². The molecular formula is C19H36N2O2. The van der Waals surface area contributed by atoms with Gasteiger partial charge >= 0.3 is 6.09 Å². The average molecular weight is 325 g/mol. The minimum absolute atomic E-state index is 0.119. The first-order valence-electron chi connectivity index (χ1n) is 9.22. The van der Waals surface area contributed by atoms with Crippen LogP contribution in [0.2, 0.25) is 0 Å². The summed E-state index contributed by atoms with van der Waals surface area (Å²) in [4.78, 5) is 14.5. The Balaban J connectivity index is 1.88. The predicted octanol–water partition coefficient (Wildman–Crippen LogP) is 4.19. The van der Waals surface area contributed by atoms with Crippen LogP contribution in [0.15, 0.2) is 0 Å². The molecule has 0 spiro atoms. The van der Waals surface area contributed by atoms with Gasteiger partial charge in [0.05, 0.1) is 0 Å². The van der Waals surface area contributed by atoms with Crippen LogP contribution in [0.25, 0.3) is 0 Å². The van der Waals surface area contributed by atoms with Gasteiger partial charge in [0.1, 0.15) is 5.60 Å². The van der Waals surface area contributed by atoms with Crippen molar-refractivity contribution >= 4 is 6.09 Å². The van der Waals surface area contributed by atoms with Gasteiger partial charge in [-0.25, -0.2) is 4.79 Å². The fraction of sp³-hybridized carbons (Fsp3) is 0.947. The molecule has 4 nitrogen and oxygen atoms in total. The van der Waals surface area contributed by atoms with E-state index in [4.69, 9.17) is 4.74 Å². The molecule has 0 aromatic heterocycles. The minimum atomic E-state index is -0.409. The van der Waals surface area contributed by atoms with Gasteiger partial charge in [-0.2, -0.15) is 0 Å². The van der Waals surface area contributed by atoms with E-state index in [-0.39, 0.29) is 6.09 Å². The van der Waals surface area contributed by atoms with E-state index in [2.05, 4.69) is 33.0 Å². The van der Waals surface area contributed by atoms with Crippen LogP contribution in [-0.2, 0) is 4.74 Å². The van der Waals surface area contributed by atoms with Crippen LogP contribution in [0.4, 0.5) is 4.79 Å². The largest absolute Gasteiger partial charge is 0.444 e. The highest BCUT2D eigenvalue weighted by Crippen LogP contribution is 2.37. The van der Waals surface area contributed by atoms with Gasteiger partial charge in [0, 0.05) is 18.1 Å². The fourth-order valence-electron chi connectivity index (χ4n) is 3.61. The lowest BCUT2D eigenvalue weighted by molar-refractivity contribution is 0.00445. The zero-order chi connectivity index (χ0) is 17.4. The summed E-state index contributed by atoms with van der Waals surface area (Å²) < 4.78 is 5.60.